The molecule has 0 radical (unpaired) electrons. The summed E-state index contributed by atoms with van der Waals surface area (Å²) in [6, 6.07) is 12.2. The fourth-order valence-electron chi connectivity index (χ4n) is 4.21. The maximum Gasteiger partial charge on any atom is 0.279 e. The molecule has 1 N–H and O–H groups in total. The number of carbonyl (C=O) groups excluding carboxylic acids is 2. The van der Waals surface area contributed by atoms with Crippen LogP contribution >= 0.6 is 0 Å². The Morgan fingerprint density at radius 3 is 2.00 bits per heavy atom. The predicted octanol–water partition coefficient (Wildman–Crippen LogP) is 6.89. The van der Waals surface area contributed by atoms with E-state index in [1.165, 1.54) is 62.1 Å². The van der Waals surface area contributed by atoms with Crippen LogP contribution in [0.25, 0.3) is 6.08 Å². The largest absolute Gasteiger partial charge is 0.400 e. The number of rotatable bonds is 9. The summed E-state index contributed by atoms with van der Waals surface area (Å²) in [5.41, 5.74) is 3.76. The van der Waals surface area contributed by atoms with Gasteiger partial charge in [0.2, 0.25) is 0 Å². The van der Waals surface area contributed by atoms with E-state index >= 15 is 0 Å². The third-order valence-corrected chi connectivity index (χ3v) is 6.25. The minimum Gasteiger partial charge on any atom is -0.400 e. The van der Waals surface area contributed by atoms with Crippen LogP contribution in [0.15, 0.2) is 60.7 Å². The summed E-state index contributed by atoms with van der Waals surface area (Å²) in [5.74, 6) is 1.42. The third kappa shape index (κ3) is 14.8. The average molecular weight is 573 g/mol. The first kappa shape index (κ1) is 39.1. The van der Waals surface area contributed by atoms with Crippen molar-refractivity contribution in [1.29, 1.82) is 0 Å². The lowest BCUT2D eigenvalue weighted by Crippen LogP contribution is -2.13. The molecular weight excluding hydrogens is 528 g/mol. The Bertz CT molecular complexity index is 1080. The molecule has 0 saturated heterocycles. The van der Waals surface area contributed by atoms with Gasteiger partial charge in [0.1, 0.15) is 13.1 Å². The molecule has 1 aliphatic rings. The number of nitro benzene ring substituents is 2. The second-order valence-electron chi connectivity index (χ2n) is 8.63. The second kappa shape index (κ2) is 23.8. The summed E-state index contributed by atoms with van der Waals surface area (Å²) in [5, 5.41) is 28.2. The lowest BCUT2D eigenvalue weighted by molar-refractivity contribution is -0.394. The quantitative estimate of drug-likeness (QED) is 0.112. The van der Waals surface area contributed by atoms with Crippen molar-refractivity contribution in [2.24, 2.45) is 5.92 Å². The Morgan fingerprint density at radius 1 is 1.00 bits per heavy atom. The van der Waals surface area contributed by atoms with Gasteiger partial charge in [0, 0.05) is 32.3 Å². The molecule has 0 bridgehead atoms. The van der Waals surface area contributed by atoms with Gasteiger partial charge >= 0.3 is 0 Å². The third-order valence-electron chi connectivity index (χ3n) is 6.25. The number of hydrogen-bond acceptors (Lipinski definition) is 8. The molecule has 10 heteroatoms. The van der Waals surface area contributed by atoms with Crippen LogP contribution in [-0.2, 0) is 20.7 Å². The number of ether oxygens (including phenoxy) is 1. The topological polar surface area (TPSA) is 150 Å². The monoisotopic (exact) mass is 572 g/mol. The number of non-ortho nitro benzene ring substituents is 1. The second-order valence-corrected chi connectivity index (χ2v) is 8.63. The van der Waals surface area contributed by atoms with Gasteiger partial charge in [-0.2, -0.15) is 0 Å². The normalized spacial score (nSPS) is 15.2. The number of methoxy groups -OCH3 is 1. The summed E-state index contributed by atoms with van der Waals surface area (Å²) in [4.78, 5) is 38.2. The van der Waals surface area contributed by atoms with Crippen molar-refractivity contribution in [1.82, 2.24) is 0 Å². The number of aldehydes is 1. The predicted molar refractivity (Wildman–Crippen MR) is 163 cm³/mol. The van der Waals surface area contributed by atoms with Crippen LogP contribution < -0.4 is 0 Å². The Morgan fingerprint density at radius 2 is 1.56 bits per heavy atom. The van der Waals surface area contributed by atoms with Crippen molar-refractivity contribution in [3.63, 3.8) is 0 Å². The number of nitro groups is 2. The van der Waals surface area contributed by atoms with Gasteiger partial charge in [0.05, 0.1) is 22.5 Å². The van der Waals surface area contributed by atoms with E-state index in [4.69, 9.17) is 14.6 Å². The first-order valence-electron chi connectivity index (χ1n) is 13.3. The Balaban J connectivity index is 0. The Kier molecular flexibility index (Phi) is 22.7. The van der Waals surface area contributed by atoms with Crippen molar-refractivity contribution in [3.05, 3.63) is 97.6 Å². The standard InChI is InChI=1S/C18H22O.C9H10N2O5.C2H6.CH4O.CH2O/c1-14(2)16-9-11-18(12-10-16)17-7-5-15(6-8-17)4-3-13-19;1-16-5-4-7-2-3-8(10(12)13)6-9(7)11(14)15;3*1-2/h3-8,13,16,18H,1,9-12H2,2H3;2-3,6H,4-5H2,1H3;1-2H3;2H,1H3;1H2/b4-3+;;;;. The summed E-state index contributed by atoms with van der Waals surface area (Å²) in [7, 11) is 2.48. The summed E-state index contributed by atoms with van der Waals surface area (Å²) in [6.45, 7) is 12.6. The zero-order chi connectivity index (χ0) is 31.8. The van der Waals surface area contributed by atoms with Crippen LogP contribution in [0.4, 0.5) is 11.4 Å². The first-order chi connectivity index (χ1) is 19.8. The van der Waals surface area contributed by atoms with E-state index in [0.29, 0.717) is 24.5 Å². The van der Waals surface area contributed by atoms with Gasteiger partial charge in [-0.25, -0.2) is 0 Å². The molecule has 1 saturated carbocycles. The minimum atomic E-state index is -0.660. The van der Waals surface area contributed by atoms with Crippen molar-refractivity contribution in [3.8, 4) is 0 Å². The number of aliphatic hydroxyl groups excluding tert-OH is 1. The highest BCUT2D eigenvalue weighted by Crippen LogP contribution is 2.38. The van der Waals surface area contributed by atoms with Crippen LogP contribution in [0, 0.1) is 26.1 Å². The smallest absolute Gasteiger partial charge is 0.279 e. The van der Waals surface area contributed by atoms with Gasteiger partial charge in [-0.05, 0) is 67.7 Å². The molecule has 3 rings (SSSR count). The first-order valence-corrected chi connectivity index (χ1v) is 13.3. The van der Waals surface area contributed by atoms with E-state index in [1.54, 1.807) is 0 Å². The minimum absolute atomic E-state index is 0.244. The Hall–Kier alpha value is -4.02. The number of benzene rings is 2. The maximum atomic E-state index is 10.7. The highest BCUT2D eigenvalue weighted by molar-refractivity contribution is 5.73. The highest BCUT2D eigenvalue weighted by atomic mass is 16.6. The van der Waals surface area contributed by atoms with E-state index in [0.717, 1.165) is 30.9 Å². The molecule has 0 atom stereocenters. The van der Waals surface area contributed by atoms with Crippen molar-refractivity contribution in [2.45, 2.75) is 58.8 Å². The van der Waals surface area contributed by atoms with Gasteiger partial charge in [-0.1, -0.05) is 56.3 Å². The van der Waals surface area contributed by atoms with Crippen molar-refractivity contribution >= 4 is 30.5 Å². The zero-order valence-corrected chi connectivity index (χ0v) is 24.8. The van der Waals surface area contributed by atoms with Crippen molar-refractivity contribution in [2.75, 3.05) is 20.8 Å². The Labute approximate surface area is 243 Å². The summed E-state index contributed by atoms with van der Waals surface area (Å²) in [6.07, 6.45) is 9.61. The zero-order valence-electron chi connectivity index (χ0n) is 24.8. The van der Waals surface area contributed by atoms with Gasteiger partial charge in [0.15, 0.2) is 0 Å². The van der Waals surface area contributed by atoms with Crippen molar-refractivity contribution < 1.29 is 29.3 Å². The summed E-state index contributed by atoms with van der Waals surface area (Å²) >= 11 is 0. The molecule has 0 aliphatic heterocycles. The number of hydrogen-bond donors (Lipinski definition) is 1. The number of allylic oxidation sites excluding steroid dienone is 2. The maximum absolute atomic E-state index is 10.7. The molecule has 0 amide bonds. The molecule has 0 aromatic heterocycles. The number of nitrogens with zero attached hydrogens (tertiary/aromatic N) is 2. The molecular formula is C31H44N2O8. The summed E-state index contributed by atoms with van der Waals surface area (Å²) < 4.78 is 4.80. The molecule has 2 aromatic rings. The van der Waals surface area contributed by atoms with E-state index in [1.807, 2.05) is 26.7 Å². The van der Waals surface area contributed by atoms with Crippen LogP contribution in [0.1, 0.15) is 69.1 Å². The van der Waals surface area contributed by atoms with Gasteiger partial charge in [-0.3, -0.25) is 25.0 Å². The molecule has 0 spiro atoms. The highest BCUT2D eigenvalue weighted by Gasteiger charge is 2.22. The average Bonchev–Trinajstić information content (AvgIpc) is 3.02. The lowest BCUT2D eigenvalue weighted by Gasteiger charge is -2.29. The fraction of sp³-hybridized carbons (Fsp3) is 0.419. The number of carbonyl (C=O) groups is 2. The van der Waals surface area contributed by atoms with Gasteiger partial charge in [-0.15, -0.1) is 0 Å². The molecule has 1 aliphatic carbocycles. The molecule has 0 heterocycles. The molecule has 226 valence electrons. The van der Waals surface area contributed by atoms with Crippen LogP contribution in [0.5, 0.6) is 0 Å². The molecule has 2 aromatic carbocycles. The molecule has 10 nitrogen and oxygen atoms in total. The molecule has 0 unspecified atom stereocenters. The van der Waals surface area contributed by atoms with E-state index in [9.17, 15) is 25.0 Å². The SMILES string of the molecule is C=C(C)C1CCC(c2ccc(/C=C/C=O)cc2)CC1.C=O.CC.CO.COCCc1ccc([N+](=O)[O-])cc1[N+](=O)[O-]. The molecule has 41 heavy (non-hydrogen) atoms. The van der Waals surface area contributed by atoms with E-state index in [-0.39, 0.29) is 11.4 Å². The van der Waals surface area contributed by atoms with Gasteiger partial charge in [0.25, 0.3) is 11.4 Å². The number of aliphatic hydroxyl groups is 1. The van der Waals surface area contributed by atoms with Crippen LogP contribution in [0.2, 0.25) is 0 Å². The lowest BCUT2D eigenvalue weighted by atomic mass is 9.76. The fourth-order valence-corrected chi connectivity index (χ4v) is 4.21. The molecule has 1 fully saturated rings. The van der Waals surface area contributed by atoms with Gasteiger partial charge < -0.3 is 14.6 Å². The van der Waals surface area contributed by atoms with Crippen LogP contribution in [-0.4, -0.2) is 48.9 Å². The van der Waals surface area contributed by atoms with E-state index in [2.05, 4.69) is 37.8 Å². The van der Waals surface area contributed by atoms with Crippen LogP contribution in [0.3, 0.4) is 0 Å². The van der Waals surface area contributed by atoms with E-state index < -0.39 is 9.85 Å².